The summed E-state index contributed by atoms with van der Waals surface area (Å²) in [6, 6.07) is 0. The van der Waals surface area contributed by atoms with Gasteiger partial charge in [0.05, 0.1) is 6.20 Å². The van der Waals surface area contributed by atoms with E-state index in [1.807, 2.05) is 0 Å². The van der Waals surface area contributed by atoms with Crippen LogP contribution in [0.1, 0.15) is 56.9 Å². The quantitative estimate of drug-likeness (QED) is 0.840. The van der Waals surface area contributed by atoms with Gasteiger partial charge in [-0.15, -0.1) is 6.58 Å². The van der Waals surface area contributed by atoms with E-state index in [9.17, 15) is 5.11 Å². The highest BCUT2D eigenvalue weighted by Crippen LogP contribution is 2.56. The molecule has 0 bridgehead atoms. The van der Waals surface area contributed by atoms with E-state index in [0.29, 0.717) is 11.8 Å². The molecule has 2 aliphatic rings. The molecule has 4 atom stereocenters. The summed E-state index contributed by atoms with van der Waals surface area (Å²) in [6.45, 7) is 4.10. The molecule has 19 heavy (non-hydrogen) atoms. The Bertz CT molecular complexity index is 424. The second-order valence-corrected chi connectivity index (χ2v) is 6.16. The van der Waals surface area contributed by atoms with E-state index >= 15 is 0 Å². The Morgan fingerprint density at radius 1 is 1.37 bits per heavy atom. The second kappa shape index (κ2) is 5.12. The van der Waals surface area contributed by atoms with E-state index in [0.717, 1.165) is 6.42 Å². The monoisotopic (exact) mass is 261 g/mol. The van der Waals surface area contributed by atoms with Crippen LogP contribution in [0.4, 0.5) is 0 Å². The number of hydrogen-bond acceptors (Lipinski definition) is 3. The first-order valence-electron chi connectivity index (χ1n) is 7.48. The molecule has 0 unspecified atom stereocenters. The largest absolute Gasteiger partial charge is 0.446 e. The van der Waals surface area contributed by atoms with E-state index < -0.39 is 6.10 Å². The summed E-state index contributed by atoms with van der Waals surface area (Å²) >= 11 is 0. The molecule has 2 fully saturated rings. The zero-order chi connectivity index (χ0) is 13.3. The zero-order valence-electron chi connectivity index (χ0n) is 11.4. The third kappa shape index (κ3) is 2.14. The Balaban J connectivity index is 1.86. The molecule has 1 N–H and O–H groups in total. The fraction of sp³-hybridized carbons (Fsp3) is 0.688. The molecule has 0 aromatic carbocycles. The molecule has 1 aromatic rings. The van der Waals surface area contributed by atoms with Crippen molar-refractivity contribution >= 4 is 0 Å². The Labute approximate surface area is 114 Å². The first-order valence-corrected chi connectivity index (χ1v) is 7.48. The molecule has 0 spiro atoms. The topological polar surface area (TPSA) is 46.3 Å². The van der Waals surface area contributed by atoms with Gasteiger partial charge in [-0.25, -0.2) is 4.98 Å². The zero-order valence-corrected chi connectivity index (χ0v) is 11.4. The minimum Gasteiger partial charge on any atom is -0.446 e. The van der Waals surface area contributed by atoms with Gasteiger partial charge in [0, 0.05) is 0 Å². The van der Waals surface area contributed by atoms with Crippen molar-refractivity contribution in [2.45, 2.75) is 51.0 Å². The number of allylic oxidation sites excluding steroid dienone is 1. The van der Waals surface area contributed by atoms with Gasteiger partial charge in [0.1, 0.15) is 12.4 Å². The summed E-state index contributed by atoms with van der Waals surface area (Å²) < 4.78 is 5.31. The number of aromatic nitrogens is 1. The second-order valence-electron chi connectivity index (χ2n) is 6.16. The highest BCUT2D eigenvalue weighted by molar-refractivity contribution is 5.07. The van der Waals surface area contributed by atoms with Gasteiger partial charge in [0.15, 0.2) is 0 Å². The number of fused-ring (bicyclic) bond motifs is 1. The van der Waals surface area contributed by atoms with E-state index in [1.165, 1.54) is 38.5 Å². The van der Waals surface area contributed by atoms with Crippen LogP contribution in [0.5, 0.6) is 0 Å². The van der Waals surface area contributed by atoms with Crippen LogP contribution in [0.3, 0.4) is 0 Å². The summed E-state index contributed by atoms with van der Waals surface area (Å²) in [4.78, 5) is 4.14. The number of nitrogens with zero attached hydrogens (tertiary/aromatic N) is 1. The highest BCUT2D eigenvalue weighted by Gasteiger charge is 2.47. The van der Waals surface area contributed by atoms with Crippen LogP contribution in [-0.4, -0.2) is 10.1 Å². The minimum atomic E-state index is -0.558. The van der Waals surface area contributed by atoms with E-state index in [4.69, 9.17) is 4.42 Å². The van der Waals surface area contributed by atoms with Gasteiger partial charge in [0.2, 0.25) is 5.89 Å². The third-order valence-electron chi connectivity index (χ3n) is 5.36. The molecule has 1 aromatic heterocycles. The van der Waals surface area contributed by atoms with Crippen molar-refractivity contribution in [3.63, 3.8) is 0 Å². The molecule has 1 heterocycles. The van der Waals surface area contributed by atoms with Gasteiger partial charge >= 0.3 is 0 Å². The molecule has 0 saturated heterocycles. The number of aliphatic hydroxyl groups excluding tert-OH is 1. The van der Waals surface area contributed by atoms with Gasteiger partial charge in [-0.05, 0) is 42.9 Å². The molecule has 3 nitrogen and oxygen atoms in total. The van der Waals surface area contributed by atoms with E-state index in [2.05, 4.69) is 17.6 Å². The highest BCUT2D eigenvalue weighted by atomic mass is 16.4. The van der Waals surface area contributed by atoms with Gasteiger partial charge < -0.3 is 9.52 Å². The molecule has 2 saturated carbocycles. The maximum absolute atomic E-state index is 10.6. The Morgan fingerprint density at radius 2 is 2.21 bits per heavy atom. The van der Waals surface area contributed by atoms with E-state index in [-0.39, 0.29) is 11.3 Å². The van der Waals surface area contributed by atoms with Gasteiger partial charge in [-0.2, -0.15) is 0 Å². The number of hydrogen-bond donors (Lipinski definition) is 1. The van der Waals surface area contributed by atoms with Crippen LogP contribution in [0.15, 0.2) is 29.5 Å². The summed E-state index contributed by atoms with van der Waals surface area (Å²) in [5, 5.41) is 10.6. The Morgan fingerprint density at radius 3 is 2.95 bits per heavy atom. The van der Waals surface area contributed by atoms with Crippen LogP contribution in [0.25, 0.3) is 0 Å². The lowest BCUT2D eigenvalue weighted by atomic mass is 9.55. The smallest absolute Gasteiger partial charge is 0.223 e. The summed E-state index contributed by atoms with van der Waals surface area (Å²) in [6.07, 6.45) is 13.3. The van der Waals surface area contributed by atoms with Crippen molar-refractivity contribution in [2.75, 3.05) is 0 Å². The molecule has 104 valence electrons. The van der Waals surface area contributed by atoms with Crippen molar-refractivity contribution in [2.24, 2.45) is 17.3 Å². The molecular weight excluding hydrogens is 238 g/mol. The first kappa shape index (κ1) is 12.9. The van der Waals surface area contributed by atoms with Crippen molar-refractivity contribution < 1.29 is 9.52 Å². The third-order valence-corrected chi connectivity index (χ3v) is 5.36. The maximum atomic E-state index is 10.6. The fourth-order valence-corrected chi connectivity index (χ4v) is 4.41. The average molecular weight is 261 g/mol. The fourth-order valence-electron chi connectivity index (χ4n) is 4.41. The SMILES string of the molecule is C=C[C@]12CCCC[C@@H]1[C@H]([C@H](O)c1ncco1)CCC2. The molecule has 0 amide bonds. The minimum absolute atomic E-state index is 0.245. The van der Waals surface area contributed by atoms with Crippen molar-refractivity contribution in [1.29, 1.82) is 0 Å². The molecule has 0 radical (unpaired) electrons. The molecule has 2 aliphatic carbocycles. The first-order chi connectivity index (χ1) is 9.27. The van der Waals surface area contributed by atoms with Crippen molar-refractivity contribution in [3.8, 4) is 0 Å². The van der Waals surface area contributed by atoms with Crippen LogP contribution in [-0.2, 0) is 0 Å². The standard InChI is InChI=1S/C16H23NO2/c1-2-16-8-4-3-7-13(16)12(6-5-9-16)14(18)15-17-10-11-19-15/h2,10-14,18H,1,3-9H2/t12-,13-,14+,16-/m1/s1. The van der Waals surface area contributed by atoms with Gasteiger partial charge in [-0.1, -0.05) is 25.3 Å². The lowest BCUT2D eigenvalue weighted by Crippen LogP contribution is -2.42. The number of aliphatic hydroxyl groups is 1. The maximum Gasteiger partial charge on any atom is 0.223 e. The summed E-state index contributed by atoms with van der Waals surface area (Å²) in [5.41, 5.74) is 0.245. The predicted octanol–water partition coefficient (Wildman–Crippen LogP) is 3.87. The summed E-state index contributed by atoms with van der Waals surface area (Å²) in [5.74, 6) is 1.29. The average Bonchev–Trinajstić information content (AvgIpc) is 3.00. The van der Waals surface area contributed by atoms with Crippen LogP contribution >= 0.6 is 0 Å². The Hall–Kier alpha value is -1.09. The normalized spacial score (nSPS) is 36.5. The molecule has 3 heteroatoms. The number of oxazole rings is 1. The lowest BCUT2D eigenvalue weighted by molar-refractivity contribution is -0.0403. The van der Waals surface area contributed by atoms with Gasteiger partial charge in [-0.3, -0.25) is 0 Å². The summed E-state index contributed by atoms with van der Waals surface area (Å²) in [7, 11) is 0. The van der Waals surface area contributed by atoms with Crippen molar-refractivity contribution in [3.05, 3.63) is 31.0 Å². The van der Waals surface area contributed by atoms with Crippen LogP contribution in [0, 0.1) is 17.3 Å². The van der Waals surface area contributed by atoms with Crippen LogP contribution < -0.4 is 0 Å². The lowest BCUT2D eigenvalue weighted by Gasteiger charge is -2.50. The Kier molecular flexibility index (Phi) is 3.48. The van der Waals surface area contributed by atoms with Gasteiger partial charge in [0.25, 0.3) is 0 Å². The molecular formula is C16H23NO2. The number of rotatable bonds is 3. The van der Waals surface area contributed by atoms with E-state index in [1.54, 1.807) is 12.5 Å². The molecule has 0 aliphatic heterocycles. The predicted molar refractivity (Wildman–Crippen MR) is 73.4 cm³/mol. The van der Waals surface area contributed by atoms with Crippen LogP contribution in [0.2, 0.25) is 0 Å². The molecule has 3 rings (SSSR count). The van der Waals surface area contributed by atoms with Crippen molar-refractivity contribution in [1.82, 2.24) is 4.98 Å².